The van der Waals surface area contributed by atoms with Crippen molar-refractivity contribution in [3.8, 4) is 0 Å². The van der Waals surface area contributed by atoms with Crippen LogP contribution >= 0.6 is 0 Å². The number of aryl methyl sites for hydroxylation is 1. The van der Waals surface area contributed by atoms with Crippen LogP contribution in [-0.4, -0.2) is 15.6 Å². The van der Waals surface area contributed by atoms with E-state index in [9.17, 15) is 0 Å². The Kier molecular flexibility index (Phi) is 3.99. The Balaban J connectivity index is 2.00. The van der Waals surface area contributed by atoms with Crippen molar-refractivity contribution in [2.45, 2.75) is 64.0 Å². The summed E-state index contributed by atoms with van der Waals surface area (Å²) in [4.78, 5) is 4.30. The Labute approximate surface area is 98.1 Å². The average Bonchev–Trinajstić information content (AvgIpc) is 2.75. The Bertz CT molecular complexity index is 311. The number of hydrogen-bond acceptors (Lipinski definition) is 2. The second-order valence-corrected chi connectivity index (χ2v) is 5.11. The Hall–Kier alpha value is -0.830. The van der Waals surface area contributed by atoms with Crippen molar-refractivity contribution in [2.24, 2.45) is 5.73 Å². The van der Waals surface area contributed by atoms with Gasteiger partial charge in [-0.25, -0.2) is 4.98 Å². The maximum Gasteiger partial charge on any atom is 0.0948 e. The van der Waals surface area contributed by atoms with Gasteiger partial charge in [-0.2, -0.15) is 0 Å². The molecule has 0 amide bonds. The minimum Gasteiger partial charge on any atom is -0.334 e. The number of aromatic nitrogens is 2. The summed E-state index contributed by atoms with van der Waals surface area (Å²) < 4.78 is 2.30. The smallest absolute Gasteiger partial charge is 0.0948 e. The normalized spacial score (nSPS) is 19.9. The van der Waals surface area contributed by atoms with Gasteiger partial charge in [-0.05, 0) is 26.2 Å². The molecule has 0 aliphatic heterocycles. The van der Waals surface area contributed by atoms with E-state index in [0.29, 0.717) is 0 Å². The predicted molar refractivity (Wildman–Crippen MR) is 66.3 cm³/mol. The Morgan fingerprint density at radius 1 is 1.44 bits per heavy atom. The summed E-state index contributed by atoms with van der Waals surface area (Å²) in [7, 11) is 0. The molecule has 0 aromatic carbocycles. The zero-order valence-corrected chi connectivity index (χ0v) is 10.2. The number of nitrogens with two attached hydrogens (primary N) is 1. The standard InChI is InChI=1S/C13H23N3/c1-11(14)7-8-16-10-15-9-13(16)12-5-3-2-4-6-12/h9-12H,2-8,14H2,1H3. The van der Waals surface area contributed by atoms with Crippen molar-refractivity contribution in [3.05, 3.63) is 18.2 Å². The van der Waals surface area contributed by atoms with Crippen molar-refractivity contribution in [1.82, 2.24) is 9.55 Å². The third-order valence-corrected chi connectivity index (χ3v) is 3.59. The van der Waals surface area contributed by atoms with Gasteiger partial charge >= 0.3 is 0 Å². The first-order chi connectivity index (χ1) is 7.77. The summed E-state index contributed by atoms with van der Waals surface area (Å²) in [6, 6.07) is 0.279. The SMILES string of the molecule is CC(N)CCn1cncc1C1CCCCC1. The van der Waals surface area contributed by atoms with Gasteiger partial charge in [0.25, 0.3) is 0 Å². The largest absolute Gasteiger partial charge is 0.334 e. The zero-order valence-electron chi connectivity index (χ0n) is 10.2. The van der Waals surface area contributed by atoms with Gasteiger partial charge in [0.05, 0.1) is 6.33 Å². The van der Waals surface area contributed by atoms with Crippen molar-refractivity contribution < 1.29 is 0 Å². The average molecular weight is 221 g/mol. The zero-order chi connectivity index (χ0) is 11.4. The van der Waals surface area contributed by atoms with Gasteiger partial charge in [-0.1, -0.05) is 19.3 Å². The number of nitrogens with zero attached hydrogens (tertiary/aromatic N) is 2. The highest BCUT2D eigenvalue weighted by Gasteiger charge is 2.18. The molecular formula is C13H23N3. The molecule has 3 nitrogen and oxygen atoms in total. The van der Waals surface area contributed by atoms with E-state index in [1.54, 1.807) is 0 Å². The maximum atomic E-state index is 5.80. The molecule has 0 spiro atoms. The second-order valence-electron chi connectivity index (χ2n) is 5.11. The minimum atomic E-state index is 0.279. The van der Waals surface area contributed by atoms with E-state index in [1.165, 1.54) is 37.8 Å². The monoisotopic (exact) mass is 221 g/mol. The van der Waals surface area contributed by atoms with Crippen LogP contribution in [0.5, 0.6) is 0 Å². The van der Waals surface area contributed by atoms with Crippen LogP contribution in [0, 0.1) is 0 Å². The van der Waals surface area contributed by atoms with Gasteiger partial charge in [-0.15, -0.1) is 0 Å². The molecule has 90 valence electrons. The van der Waals surface area contributed by atoms with E-state index in [1.807, 2.05) is 6.33 Å². The highest BCUT2D eigenvalue weighted by molar-refractivity contribution is 5.07. The van der Waals surface area contributed by atoms with Crippen LogP contribution in [0.4, 0.5) is 0 Å². The summed E-state index contributed by atoms with van der Waals surface area (Å²) in [5.41, 5.74) is 7.23. The van der Waals surface area contributed by atoms with Gasteiger partial charge in [0.1, 0.15) is 0 Å². The van der Waals surface area contributed by atoms with Gasteiger partial charge < -0.3 is 10.3 Å². The lowest BCUT2D eigenvalue weighted by atomic mass is 9.87. The summed E-state index contributed by atoms with van der Waals surface area (Å²) in [6.07, 6.45) is 11.9. The summed E-state index contributed by atoms with van der Waals surface area (Å²) in [6.45, 7) is 3.08. The van der Waals surface area contributed by atoms with Crippen LogP contribution < -0.4 is 5.73 Å². The molecule has 0 radical (unpaired) electrons. The molecule has 3 heteroatoms. The van der Waals surface area contributed by atoms with Crippen molar-refractivity contribution in [2.75, 3.05) is 0 Å². The van der Waals surface area contributed by atoms with E-state index in [2.05, 4.69) is 22.7 Å². The molecule has 1 aliphatic rings. The van der Waals surface area contributed by atoms with E-state index >= 15 is 0 Å². The molecule has 1 unspecified atom stereocenters. The van der Waals surface area contributed by atoms with Crippen LogP contribution in [0.3, 0.4) is 0 Å². The molecule has 1 saturated carbocycles. The number of rotatable bonds is 4. The predicted octanol–water partition coefficient (Wildman–Crippen LogP) is 2.67. The summed E-state index contributed by atoms with van der Waals surface area (Å²) >= 11 is 0. The third-order valence-electron chi connectivity index (χ3n) is 3.59. The van der Waals surface area contributed by atoms with Crippen LogP contribution in [0.25, 0.3) is 0 Å². The lowest BCUT2D eigenvalue weighted by Gasteiger charge is -2.23. The lowest BCUT2D eigenvalue weighted by molar-refractivity contribution is 0.419. The molecule has 0 saturated heterocycles. The highest BCUT2D eigenvalue weighted by Crippen LogP contribution is 2.32. The lowest BCUT2D eigenvalue weighted by Crippen LogP contribution is -2.19. The first kappa shape index (κ1) is 11.6. The highest BCUT2D eigenvalue weighted by atomic mass is 15.0. The van der Waals surface area contributed by atoms with E-state index in [0.717, 1.165) is 18.9 Å². The van der Waals surface area contributed by atoms with Crippen molar-refractivity contribution >= 4 is 0 Å². The topological polar surface area (TPSA) is 43.8 Å². The fourth-order valence-corrected chi connectivity index (χ4v) is 2.60. The number of imidazole rings is 1. The minimum absolute atomic E-state index is 0.279. The van der Waals surface area contributed by atoms with E-state index in [-0.39, 0.29) is 6.04 Å². The van der Waals surface area contributed by atoms with Crippen LogP contribution in [0.15, 0.2) is 12.5 Å². The molecule has 1 aromatic rings. The maximum absolute atomic E-state index is 5.80. The van der Waals surface area contributed by atoms with E-state index < -0.39 is 0 Å². The number of hydrogen-bond donors (Lipinski definition) is 1. The fourth-order valence-electron chi connectivity index (χ4n) is 2.60. The van der Waals surface area contributed by atoms with Crippen LogP contribution in [-0.2, 0) is 6.54 Å². The van der Waals surface area contributed by atoms with Gasteiger partial charge in [0, 0.05) is 30.4 Å². The Morgan fingerprint density at radius 2 is 2.19 bits per heavy atom. The third kappa shape index (κ3) is 2.85. The van der Waals surface area contributed by atoms with Crippen LogP contribution in [0.1, 0.15) is 57.1 Å². The molecule has 1 atom stereocenters. The first-order valence-electron chi connectivity index (χ1n) is 6.53. The van der Waals surface area contributed by atoms with Crippen LogP contribution in [0.2, 0.25) is 0 Å². The molecule has 0 bridgehead atoms. The second kappa shape index (κ2) is 5.48. The molecule has 1 aromatic heterocycles. The quantitative estimate of drug-likeness (QED) is 0.849. The molecule has 1 fully saturated rings. The molecule has 1 aliphatic carbocycles. The summed E-state index contributed by atoms with van der Waals surface area (Å²) in [5, 5.41) is 0. The van der Waals surface area contributed by atoms with Crippen molar-refractivity contribution in [1.29, 1.82) is 0 Å². The molecule has 2 rings (SSSR count). The van der Waals surface area contributed by atoms with Gasteiger partial charge in [0.15, 0.2) is 0 Å². The van der Waals surface area contributed by atoms with Crippen molar-refractivity contribution in [3.63, 3.8) is 0 Å². The summed E-state index contributed by atoms with van der Waals surface area (Å²) in [5.74, 6) is 0.740. The fraction of sp³-hybridized carbons (Fsp3) is 0.769. The molecular weight excluding hydrogens is 198 g/mol. The molecule has 1 heterocycles. The van der Waals surface area contributed by atoms with Gasteiger partial charge in [-0.3, -0.25) is 0 Å². The first-order valence-corrected chi connectivity index (χ1v) is 6.53. The molecule has 16 heavy (non-hydrogen) atoms. The van der Waals surface area contributed by atoms with Gasteiger partial charge in [0.2, 0.25) is 0 Å². The Morgan fingerprint density at radius 3 is 2.88 bits per heavy atom. The van der Waals surface area contributed by atoms with E-state index in [4.69, 9.17) is 5.73 Å². The molecule has 2 N–H and O–H groups in total.